The number of alkyl halides is 2. The van der Waals surface area contributed by atoms with E-state index in [1.54, 1.807) is 19.3 Å². The highest BCUT2D eigenvalue weighted by molar-refractivity contribution is 5.75. The normalized spacial score (nSPS) is 21.7. The number of likely N-dealkylation sites (tertiary alicyclic amines) is 1. The molecule has 1 saturated heterocycles. The zero-order chi connectivity index (χ0) is 16.3. The molecule has 22 heavy (non-hydrogen) atoms. The quantitative estimate of drug-likeness (QED) is 0.895. The van der Waals surface area contributed by atoms with Crippen molar-refractivity contribution >= 4 is 6.03 Å². The number of aromatic nitrogens is 1. The van der Waals surface area contributed by atoms with Gasteiger partial charge < -0.3 is 15.3 Å². The van der Waals surface area contributed by atoms with Gasteiger partial charge in [0.2, 0.25) is 0 Å². The van der Waals surface area contributed by atoms with Gasteiger partial charge in [-0.1, -0.05) is 6.92 Å². The van der Waals surface area contributed by atoms with Crippen molar-refractivity contribution in [3.8, 4) is 0 Å². The molecule has 1 aromatic rings. The number of halogens is 2. The van der Waals surface area contributed by atoms with Crippen LogP contribution >= 0.6 is 0 Å². The molecule has 0 aliphatic carbocycles. The fourth-order valence-corrected chi connectivity index (χ4v) is 2.80. The van der Waals surface area contributed by atoms with Gasteiger partial charge in [0.25, 0.3) is 5.92 Å². The molecule has 122 valence electrons. The molecule has 2 unspecified atom stereocenters. The Morgan fingerprint density at radius 3 is 3.00 bits per heavy atom. The van der Waals surface area contributed by atoms with Gasteiger partial charge in [0.1, 0.15) is 0 Å². The number of aliphatic hydroxyl groups is 1. The lowest BCUT2D eigenvalue weighted by atomic mass is 10.0. The molecule has 0 saturated carbocycles. The van der Waals surface area contributed by atoms with Crippen LogP contribution in [-0.2, 0) is 6.42 Å². The molecule has 2 heterocycles. The zero-order valence-electron chi connectivity index (χ0n) is 12.7. The third-order valence-corrected chi connectivity index (χ3v) is 3.98. The number of amides is 2. The summed E-state index contributed by atoms with van der Waals surface area (Å²) in [5.74, 6) is -2.95. The van der Waals surface area contributed by atoms with E-state index in [2.05, 4.69) is 10.3 Å². The Morgan fingerprint density at radius 1 is 1.64 bits per heavy atom. The third-order valence-electron chi connectivity index (χ3n) is 3.98. The number of carbonyl (C=O) groups excluding carboxylic acids is 1. The van der Waals surface area contributed by atoms with Crippen LogP contribution in [0, 0.1) is 0 Å². The second-order valence-electron chi connectivity index (χ2n) is 5.62. The minimum Gasteiger partial charge on any atom is -0.394 e. The van der Waals surface area contributed by atoms with Crippen LogP contribution in [0.25, 0.3) is 0 Å². The molecule has 0 spiro atoms. The lowest BCUT2D eigenvalue weighted by Gasteiger charge is -2.25. The smallest absolute Gasteiger partial charge is 0.318 e. The van der Waals surface area contributed by atoms with E-state index < -0.39 is 37.6 Å². The number of aliphatic hydroxyl groups excluding tert-OH is 1. The molecule has 0 aromatic carbocycles. The predicted molar refractivity (Wildman–Crippen MR) is 77.7 cm³/mol. The molecule has 2 atom stereocenters. The van der Waals surface area contributed by atoms with Crippen LogP contribution in [0.4, 0.5) is 13.6 Å². The van der Waals surface area contributed by atoms with Crippen LogP contribution in [0.2, 0.25) is 0 Å². The first kappa shape index (κ1) is 16.6. The highest BCUT2D eigenvalue weighted by Gasteiger charge is 2.46. The number of rotatable bonds is 4. The van der Waals surface area contributed by atoms with Gasteiger partial charge >= 0.3 is 6.03 Å². The number of carbonyl (C=O) groups is 1. The van der Waals surface area contributed by atoms with E-state index in [4.69, 9.17) is 0 Å². The van der Waals surface area contributed by atoms with Crippen LogP contribution in [0.15, 0.2) is 18.5 Å². The molecule has 2 amide bonds. The molecule has 7 heteroatoms. The Hall–Kier alpha value is -1.76. The van der Waals surface area contributed by atoms with Crippen LogP contribution in [0.1, 0.15) is 37.4 Å². The van der Waals surface area contributed by atoms with Crippen LogP contribution in [0.3, 0.4) is 0 Å². The molecule has 0 bridgehead atoms. The van der Waals surface area contributed by atoms with Gasteiger partial charge in [-0.05, 0) is 30.5 Å². The van der Waals surface area contributed by atoms with Crippen molar-refractivity contribution in [1.29, 1.82) is 0 Å². The Labute approximate surface area is 128 Å². The van der Waals surface area contributed by atoms with E-state index in [1.807, 2.05) is 13.0 Å². The fraction of sp³-hybridized carbons (Fsp3) is 0.600. The highest BCUT2D eigenvalue weighted by atomic mass is 19.3. The van der Waals surface area contributed by atoms with E-state index in [-0.39, 0.29) is 6.04 Å². The second-order valence-corrected chi connectivity index (χ2v) is 5.62. The predicted octanol–water partition coefficient (Wildman–Crippen LogP) is 2.12. The molecule has 1 aliphatic rings. The third kappa shape index (κ3) is 3.52. The summed E-state index contributed by atoms with van der Waals surface area (Å²) in [4.78, 5) is 17.3. The minimum atomic E-state index is -2.95. The van der Waals surface area contributed by atoms with Crippen molar-refractivity contribution < 1.29 is 18.7 Å². The summed E-state index contributed by atoms with van der Waals surface area (Å²) in [5, 5.41) is 11.9. The van der Waals surface area contributed by atoms with Crippen molar-refractivity contribution in [2.75, 3.05) is 13.2 Å². The van der Waals surface area contributed by atoms with Crippen molar-refractivity contribution in [2.24, 2.45) is 0 Å². The number of nitrogens with zero attached hydrogens (tertiary/aromatic N) is 2. The first-order valence-electron chi connectivity index (χ1n) is 7.36. The Balaban J connectivity index is 2.08. The van der Waals surface area contributed by atoms with Gasteiger partial charge in [0, 0.05) is 18.8 Å². The molecule has 5 nitrogen and oxygen atoms in total. The maximum absolute atomic E-state index is 13.4. The molecule has 1 fully saturated rings. The summed E-state index contributed by atoms with van der Waals surface area (Å²) in [5.41, 5.74) is 1.91. The van der Waals surface area contributed by atoms with E-state index >= 15 is 0 Å². The van der Waals surface area contributed by atoms with Gasteiger partial charge in [-0.3, -0.25) is 4.98 Å². The van der Waals surface area contributed by atoms with Crippen molar-refractivity contribution in [3.63, 3.8) is 0 Å². The van der Waals surface area contributed by atoms with Gasteiger partial charge in [-0.15, -0.1) is 0 Å². The van der Waals surface area contributed by atoms with Gasteiger partial charge in [-0.25, -0.2) is 13.6 Å². The van der Waals surface area contributed by atoms with E-state index in [0.717, 1.165) is 22.4 Å². The van der Waals surface area contributed by atoms with Crippen LogP contribution < -0.4 is 5.32 Å². The van der Waals surface area contributed by atoms with Crippen LogP contribution in [-0.4, -0.2) is 46.1 Å². The summed E-state index contributed by atoms with van der Waals surface area (Å²) >= 11 is 0. The molecular formula is C15H21F2N3O2. The summed E-state index contributed by atoms with van der Waals surface area (Å²) in [6.45, 7) is 2.66. The van der Waals surface area contributed by atoms with Gasteiger partial charge in [0.15, 0.2) is 0 Å². The van der Waals surface area contributed by atoms with Crippen molar-refractivity contribution in [3.05, 3.63) is 29.6 Å². The number of hydrogen-bond acceptors (Lipinski definition) is 3. The zero-order valence-corrected chi connectivity index (χ0v) is 12.7. The number of urea groups is 1. The largest absolute Gasteiger partial charge is 0.394 e. The molecular weight excluding hydrogens is 292 g/mol. The molecule has 2 N–H and O–H groups in total. The Kier molecular flexibility index (Phi) is 4.95. The number of pyridine rings is 1. The standard InChI is InChI=1S/C15H21F2N3O2/c1-3-11-7-18-5-4-13(11)10(2)19-14(22)20-9-15(16,17)6-12(20)8-21/h4-5,7,10,12,21H,3,6,8-9H2,1-2H3,(H,19,22). The lowest BCUT2D eigenvalue weighted by Crippen LogP contribution is -2.45. The molecule has 2 rings (SSSR count). The summed E-state index contributed by atoms with van der Waals surface area (Å²) < 4.78 is 26.9. The minimum absolute atomic E-state index is 0.320. The first-order valence-corrected chi connectivity index (χ1v) is 7.36. The van der Waals surface area contributed by atoms with E-state index in [0.29, 0.717) is 0 Å². The topological polar surface area (TPSA) is 65.5 Å². The number of hydrogen-bond donors (Lipinski definition) is 2. The fourth-order valence-electron chi connectivity index (χ4n) is 2.80. The van der Waals surface area contributed by atoms with Gasteiger partial charge in [0.05, 0.1) is 25.2 Å². The SMILES string of the molecule is CCc1cnccc1C(C)NC(=O)N1CC(F)(F)CC1CO. The lowest BCUT2D eigenvalue weighted by molar-refractivity contribution is 0.0141. The number of nitrogens with one attached hydrogen (secondary N) is 1. The van der Waals surface area contributed by atoms with Crippen molar-refractivity contribution in [1.82, 2.24) is 15.2 Å². The Bertz CT molecular complexity index is 539. The average molecular weight is 313 g/mol. The van der Waals surface area contributed by atoms with E-state index in [1.165, 1.54) is 0 Å². The molecule has 1 aliphatic heterocycles. The summed E-state index contributed by atoms with van der Waals surface area (Å²) in [6, 6.07) is 0.0678. The maximum atomic E-state index is 13.4. The Morgan fingerprint density at radius 2 is 2.36 bits per heavy atom. The second kappa shape index (κ2) is 6.56. The van der Waals surface area contributed by atoms with Gasteiger partial charge in [-0.2, -0.15) is 0 Å². The first-order chi connectivity index (χ1) is 10.4. The van der Waals surface area contributed by atoms with Crippen molar-refractivity contribution in [2.45, 2.75) is 44.7 Å². The monoisotopic (exact) mass is 313 g/mol. The van der Waals surface area contributed by atoms with E-state index in [9.17, 15) is 18.7 Å². The molecule has 0 radical (unpaired) electrons. The van der Waals surface area contributed by atoms with Crippen LogP contribution in [0.5, 0.6) is 0 Å². The number of aryl methyl sites for hydroxylation is 1. The average Bonchev–Trinajstić information content (AvgIpc) is 2.82. The summed E-state index contributed by atoms with van der Waals surface area (Å²) in [6.07, 6.45) is 3.64. The molecule has 1 aromatic heterocycles. The maximum Gasteiger partial charge on any atom is 0.318 e. The summed E-state index contributed by atoms with van der Waals surface area (Å²) in [7, 11) is 0. The highest BCUT2D eigenvalue weighted by Crippen LogP contribution is 2.32.